The summed E-state index contributed by atoms with van der Waals surface area (Å²) in [6.45, 7) is 0.0641. The van der Waals surface area contributed by atoms with Crippen LogP contribution in [0.5, 0.6) is 5.75 Å². The molecule has 0 bridgehead atoms. The van der Waals surface area contributed by atoms with E-state index in [1.807, 2.05) is 6.92 Å². The van der Waals surface area contributed by atoms with Crippen molar-refractivity contribution in [2.75, 3.05) is 13.1 Å². The number of alkyl halides is 2. The van der Waals surface area contributed by atoms with Crippen molar-refractivity contribution in [3.05, 3.63) is 65.5 Å². The van der Waals surface area contributed by atoms with Gasteiger partial charge in [-0.05, 0) is 42.3 Å². The van der Waals surface area contributed by atoms with E-state index < -0.39 is 12.7 Å². The SMILES string of the molecule is CCNC(=NCc1cccc(F)c1)NCC(O)c1ccc(OC(F)F)cc1.I. The molecule has 0 aromatic heterocycles. The Hall–Kier alpha value is -2.01. The highest BCUT2D eigenvalue weighted by molar-refractivity contribution is 14.0. The summed E-state index contributed by atoms with van der Waals surface area (Å²) in [4.78, 5) is 4.35. The second-order valence-electron chi connectivity index (χ2n) is 5.67. The fourth-order valence-corrected chi connectivity index (χ4v) is 2.33. The summed E-state index contributed by atoms with van der Waals surface area (Å²) >= 11 is 0. The van der Waals surface area contributed by atoms with Gasteiger partial charge in [0.05, 0.1) is 12.6 Å². The Morgan fingerprint density at radius 3 is 2.46 bits per heavy atom. The van der Waals surface area contributed by atoms with Crippen LogP contribution in [0, 0.1) is 5.82 Å². The monoisotopic (exact) mass is 509 g/mol. The van der Waals surface area contributed by atoms with Gasteiger partial charge < -0.3 is 20.5 Å². The van der Waals surface area contributed by atoms with Crippen LogP contribution < -0.4 is 15.4 Å². The van der Waals surface area contributed by atoms with E-state index in [1.54, 1.807) is 12.1 Å². The van der Waals surface area contributed by atoms with Crippen LogP contribution in [0.1, 0.15) is 24.2 Å². The van der Waals surface area contributed by atoms with Crippen molar-refractivity contribution in [2.24, 2.45) is 4.99 Å². The van der Waals surface area contributed by atoms with E-state index >= 15 is 0 Å². The maximum atomic E-state index is 13.2. The minimum Gasteiger partial charge on any atom is -0.435 e. The Morgan fingerprint density at radius 1 is 1.14 bits per heavy atom. The van der Waals surface area contributed by atoms with E-state index in [0.29, 0.717) is 18.1 Å². The molecule has 2 aromatic carbocycles. The van der Waals surface area contributed by atoms with Gasteiger partial charge in [0.2, 0.25) is 0 Å². The number of hydrogen-bond donors (Lipinski definition) is 3. The summed E-state index contributed by atoms with van der Waals surface area (Å²) in [6.07, 6.45) is -0.872. The fraction of sp³-hybridized carbons (Fsp3) is 0.316. The van der Waals surface area contributed by atoms with Gasteiger partial charge in [0.15, 0.2) is 5.96 Å². The van der Waals surface area contributed by atoms with Crippen LogP contribution in [-0.2, 0) is 6.54 Å². The van der Waals surface area contributed by atoms with Crippen LogP contribution in [0.2, 0.25) is 0 Å². The quantitative estimate of drug-likeness (QED) is 0.288. The van der Waals surface area contributed by atoms with Crippen LogP contribution in [0.15, 0.2) is 53.5 Å². The third-order valence-electron chi connectivity index (χ3n) is 3.61. The maximum absolute atomic E-state index is 13.2. The number of halogens is 4. The number of rotatable bonds is 8. The van der Waals surface area contributed by atoms with Crippen LogP contribution >= 0.6 is 24.0 Å². The van der Waals surface area contributed by atoms with Gasteiger partial charge in [-0.15, -0.1) is 24.0 Å². The van der Waals surface area contributed by atoms with Crippen LogP contribution in [-0.4, -0.2) is 30.8 Å². The Bertz CT molecular complexity index is 745. The standard InChI is InChI=1S/C19H22F3N3O2.HI/c1-2-23-19(24-11-13-4-3-5-15(20)10-13)25-12-17(26)14-6-8-16(9-7-14)27-18(21)22;/h3-10,17-18,26H,2,11-12H2,1H3,(H2,23,24,25);1H. The van der Waals surface area contributed by atoms with Gasteiger partial charge >= 0.3 is 6.61 Å². The first kappa shape index (κ1) is 24.0. The number of aliphatic imine (C=N–C) groups is 1. The lowest BCUT2D eigenvalue weighted by Gasteiger charge is -2.16. The smallest absolute Gasteiger partial charge is 0.387 e. The number of nitrogens with zero attached hydrogens (tertiary/aromatic N) is 1. The number of guanidine groups is 1. The molecule has 28 heavy (non-hydrogen) atoms. The van der Waals surface area contributed by atoms with Crippen LogP contribution in [0.25, 0.3) is 0 Å². The topological polar surface area (TPSA) is 65.9 Å². The average molecular weight is 509 g/mol. The van der Waals surface area contributed by atoms with E-state index in [1.165, 1.54) is 36.4 Å². The number of benzene rings is 2. The predicted molar refractivity (Wildman–Crippen MR) is 113 cm³/mol. The Balaban J connectivity index is 0.00000392. The zero-order valence-electron chi connectivity index (χ0n) is 15.2. The predicted octanol–water partition coefficient (Wildman–Crippen LogP) is 3.83. The molecule has 0 fully saturated rings. The molecule has 0 aliphatic rings. The molecule has 0 heterocycles. The lowest BCUT2D eigenvalue weighted by molar-refractivity contribution is -0.0498. The van der Waals surface area contributed by atoms with Crippen LogP contribution in [0.4, 0.5) is 13.2 Å². The normalized spacial score (nSPS) is 12.3. The van der Waals surface area contributed by atoms with Gasteiger partial charge in [0.25, 0.3) is 0 Å². The molecule has 2 aromatic rings. The summed E-state index contributed by atoms with van der Waals surface area (Å²) in [5.41, 5.74) is 1.27. The molecule has 154 valence electrons. The Labute approximate surface area is 179 Å². The molecule has 5 nitrogen and oxygen atoms in total. The highest BCUT2D eigenvalue weighted by atomic mass is 127. The largest absolute Gasteiger partial charge is 0.435 e. The molecular formula is C19H23F3IN3O2. The molecule has 1 atom stereocenters. The van der Waals surface area contributed by atoms with Crippen molar-refractivity contribution >= 4 is 29.9 Å². The van der Waals surface area contributed by atoms with Crippen molar-refractivity contribution in [3.8, 4) is 5.75 Å². The number of nitrogens with one attached hydrogen (secondary N) is 2. The highest BCUT2D eigenvalue weighted by Crippen LogP contribution is 2.19. The van der Waals surface area contributed by atoms with Crippen molar-refractivity contribution in [1.82, 2.24) is 10.6 Å². The zero-order valence-corrected chi connectivity index (χ0v) is 17.6. The maximum Gasteiger partial charge on any atom is 0.387 e. The molecule has 0 aliphatic heterocycles. The van der Waals surface area contributed by atoms with Crippen molar-refractivity contribution in [1.29, 1.82) is 0 Å². The molecule has 3 N–H and O–H groups in total. The molecule has 2 rings (SSSR count). The number of ether oxygens (including phenoxy) is 1. The second-order valence-corrected chi connectivity index (χ2v) is 5.67. The molecule has 0 aliphatic carbocycles. The number of hydrogen-bond acceptors (Lipinski definition) is 3. The zero-order chi connectivity index (χ0) is 19.6. The number of aliphatic hydroxyl groups is 1. The van der Waals surface area contributed by atoms with Gasteiger partial charge in [-0.3, -0.25) is 0 Å². The second kappa shape index (κ2) is 12.4. The van der Waals surface area contributed by atoms with Crippen LogP contribution in [0.3, 0.4) is 0 Å². The van der Waals surface area contributed by atoms with Gasteiger partial charge in [0, 0.05) is 13.1 Å². The summed E-state index contributed by atoms with van der Waals surface area (Å²) in [6, 6.07) is 11.9. The molecule has 0 saturated carbocycles. The van der Waals surface area contributed by atoms with E-state index in [4.69, 9.17) is 0 Å². The van der Waals surface area contributed by atoms with E-state index in [-0.39, 0.29) is 48.6 Å². The van der Waals surface area contributed by atoms with Gasteiger partial charge in [0.1, 0.15) is 11.6 Å². The third-order valence-corrected chi connectivity index (χ3v) is 3.61. The Morgan fingerprint density at radius 2 is 1.86 bits per heavy atom. The molecule has 0 spiro atoms. The summed E-state index contributed by atoms with van der Waals surface area (Å²) in [7, 11) is 0. The van der Waals surface area contributed by atoms with Gasteiger partial charge in [-0.2, -0.15) is 8.78 Å². The fourth-order valence-electron chi connectivity index (χ4n) is 2.33. The van der Waals surface area contributed by atoms with Crippen molar-refractivity contribution in [3.63, 3.8) is 0 Å². The first-order chi connectivity index (χ1) is 13.0. The lowest BCUT2D eigenvalue weighted by Crippen LogP contribution is -2.39. The average Bonchev–Trinajstić information content (AvgIpc) is 2.64. The first-order valence-corrected chi connectivity index (χ1v) is 8.47. The Kier molecular flexibility index (Phi) is 10.7. The molecular weight excluding hydrogens is 486 g/mol. The van der Waals surface area contributed by atoms with E-state index in [0.717, 1.165) is 5.56 Å². The highest BCUT2D eigenvalue weighted by Gasteiger charge is 2.10. The van der Waals surface area contributed by atoms with Crippen molar-refractivity contribution < 1.29 is 23.0 Å². The van der Waals surface area contributed by atoms with Gasteiger partial charge in [-0.1, -0.05) is 24.3 Å². The number of aliphatic hydroxyl groups excluding tert-OH is 1. The van der Waals surface area contributed by atoms with Gasteiger partial charge in [-0.25, -0.2) is 9.38 Å². The summed E-state index contributed by atoms with van der Waals surface area (Å²) < 4.78 is 41.8. The van der Waals surface area contributed by atoms with E-state index in [9.17, 15) is 18.3 Å². The third kappa shape index (κ3) is 8.34. The van der Waals surface area contributed by atoms with E-state index in [2.05, 4.69) is 20.4 Å². The summed E-state index contributed by atoms with van der Waals surface area (Å²) in [5.74, 6) is 0.174. The first-order valence-electron chi connectivity index (χ1n) is 8.47. The molecule has 0 amide bonds. The lowest BCUT2D eigenvalue weighted by atomic mass is 10.1. The summed E-state index contributed by atoms with van der Waals surface area (Å²) in [5, 5.41) is 16.3. The molecule has 1 unspecified atom stereocenters. The minimum absolute atomic E-state index is 0. The van der Waals surface area contributed by atoms with Crippen molar-refractivity contribution in [2.45, 2.75) is 26.2 Å². The molecule has 9 heteroatoms. The molecule has 0 radical (unpaired) electrons. The minimum atomic E-state index is -2.89. The molecule has 0 saturated heterocycles.